The van der Waals surface area contributed by atoms with Crippen molar-refractivity contribution in [3.8, 4) is 5.75 Å². The lowest BCUT2D eigenvalue weighted by atomic mass is 10.2. The summed E-state index contributed by atoms with van der Waals surface area (Å²) in [6.07, 6.45) is -4.59. The Hall–Kier alpha value is -1.23. The lowest BCUT2D eigenvalue weighted by Crippen LogP contribution is -2.18. The van der Waals surface area contributed by atoms with Gasteiger partial charge in [0.25, 0.3) is 0 Å². The first kappa shape index (κ1) is 11.8. The molecule has 0 saturated heterocycles. The van der Waals surface area contributed by atoms with E-state index in [-0.39, 0.29) is 6.61 Å². The van der Waals surface area contributed by atoms with E-state index in [1.54, 1.807) is 18.2 Å². The first-order valence-electron chi connectivity index (χ1n) is 4.37. The summed E-state index contributed by atoms with van der Waals surface area (Å²) in [6.45, 7) is 1.25. The fraction of sp³-hybridized carbons (Fsp3) is 0.400. The maximum atomic E-state index is 11.6. The molecule has 1 aromatic rings. The fourth-order valence-electron chi connectivity index (χ4n) is 1.02. The summed E-state index contributed by atoms with van der Waals surface area (Å²) in [4.78, 5) is 0. The fourth-order valence-corrected chi connectivity index (χ4v) is 1.02. The van der Waals surface area contributed by atoms with Crippen LogP contribution in [0.4, 0.5) is 13.2 Å². The van der Waals surface area contributed by atoms with Crippen molar-refractivity contribution in [1.29, 1.82) is 0 Å². The lowest BCUT2D eigenvalue weighted by molar-refractivity contribution is -0.325. The van der Waals surface area contributed by atoms with Crippen molar-refractivity contribution in [3.63, 3.8) is 0 Å². The third kappa shape index (κ3) is 5.27. The van der Waals surface area contributed by atoms with Gasteiger partial charge in [0.05, 0.1) is 6.61 Å². The molecule has 0 spiro atoms. The first-order valence-corrected chi connectivity index (χ1v) is 4.37. The van der Waals surface area contributed by atoms with Gasteiger partial charge in [-0.25, -0.2) is 0 Å². The van der Waals surface area contributed by atoms with E-state index in [2.05, 4.69) is 4.74 Å². The summed E-state index contributed by atoms with van der Waals surface area (Å²) in [7, 11) is 0. The molecule has 0 atom stereocenters. The molecule has 1 rings (SSSR count). The van der Waals surface area contributed by atoms with Crippen LogP contribution in [-0.2, 0) is 4.74 Å². The summed E-state index contributed by atoms with van der Waals surface area (Å²) in [5, 5.41) is 0. The number of ether oxygens (including phenoxy) is 2. The van der Waals surface area contributed by atoms with Crippen LogP contribution < -0.4 is 4.74 Å². The van der Waals surface area contributed by atoms with E-state index >= 15 is 0 Å². The number of hydrogen-bond donors (Lipinski definition) is 0. The van der Waals surface area contributed by atoms with E-state index in [0.29, 0.717) is 5.75 Å². The van der Waals surface area contributed by atoms with Crippen molar-refractivity contribution in [2.75, 3.05) is 13.2 Å². The van der Waals surface area contributed by atoms with Gasteiger partial charge in [-0.2, -0.15) is 0 Å². The predicted octanol–water partition coefficient (Wildman–Crippen LogP) is 2.91. The summed E-state index contributed by atoms with van der Waals surface area (Å²) in [6, 6.07) is 7.07. The molecule has 0 aromatic heterocycles. The van der Waals surface area contributed by atoms with E-state index < -0.39 is 13.0 Å². The molecule has 0 bridgehead atoms. The molecule has 0 aliphatic carbocycles. The molecule has 0 amide bonds. The van der Waals surface area contributed by atoms with Gasteiger partial charge >= 0.3 is 6.36 Å². The van der Waals surface area contributed by atoms with Crippen molar-refractivity contribution < 1.29 is 22.6 Å². The topological polar surface area (TPSA) is 18.5 Å². The van der Waals surface area contributed by atoms with Crippen molar-refractivity contribution in [1.82, 2.24) is 0 Å². The number of halogens is 3. The number of benzene rings is 1. The standard InChI is InChI=1S/C10H11F3O2/c1-8-3-2-4-9(7-8)14-5-6-15-10(11,12)13/h2-4,7H,5-6H2,1H3. The number of aryl methyl sites for hydroxylation is 1. The Morgan fingerprint density at radius 3 is 2.53 bits per heavy atom. The second-order valence-corrected chi connectivity index (χ2v) is 2.96. The number of rotatable bonds is 4. The normalized spacial score (nSPS) is 11.5. The van der Waals surface area contributed by atoms with Crippen molar-refractivity contribution >= 4 is 0 Å². The van der Waals surface area contributed by atoms with E-state index in [9.17, 15) is 13.2 Å². The molecule has 2 nitrogen and oxygen atoms in total. The third-order valence-electron chi connectivity index (χ3n) is 1.61. The van der Waals surface area contributed by atoms with Crippen LogP contribution in [0.25, 0.3) is 0 Å². The van der Waals surface area contributed by atoms with Gasteiger partial charge in [0.1, 0.15) is 12.4 Å². The Balaban J connectivity index is 2.26. The smallest absolute Gasteiger partial charge is 0.491 e. The molecule has 15 heavy (non-hydrogen) atoms. The van der Waals surface area contributed by atoms with Gasteiger partial charge in [0, 0.05) is 0 Å². The zero-order valence-electron chi connectivity index (χ0n) is 8.17. The van der Waals surface area contributed by atoms with Gasteiger partial charge in [-0.05, 0) is 24.6 Å². The average Bonchev–Trinajstić information content (AvgIpc) is 2.11. The van der Waals surface area contributed by atoms with Gasteiger partial charge in [0.2, 0.25) is 0 Å². The van der Waals surface area contributed by atoms with Crippen LogP contribution in [0.3, 0.4) is 0 Å². The second-order valence-electron chi connectivity index (χ2n) is 2.96. The first-order chi connectivity index (χ1) is 6.97. The van der Waals surface area contributed by atoms with Crippen LogP contribution in [0.15, 0.2) is 24.3 Å². The molecule has 0 heterocycles. The maximum absolute atomic E-state index is 11.6. The minimum Gasteiger partial charge on any atom is -0.491 e. The molecule has 0 fully saturated rings. The van der Waals surface area contributed by atoms with Crippen molar-refractivity contribution in [2.45, 2.75) is 13.3 Å². The highest BCUT2D eigenvalue weighted by Crippen LogP contribution is 2.16. The summed E-state index contributed by atoms with van der Waals surface area (Å²) >= 11 is 0. The lowest BCUT2D eigenvalue weighted by Gasteiger charge is -2.09. The highest BCUT2D eigenvalue weighted by atomic mass is 19.4. The molecular weight excluding hydrogens is 209 g/mol. The average molecular weight is 220 g/mol. The molecule has 5 heteroatoms. The highest BCUT2D eigenvalue weighted by molar-refractivity contribution is 5.27. The van der Waals surface area contributed by atoms with E-state index in [0.717, 1.165) is 5.56 Å². The van der Waals surface area contributed by atoms with Gasteiger partial charge in [-0.1, -0.05) is 12.1 Å². The largest absolute Gasteiger partial charge is 0.522 e. The van der Waals surface area contributed by atoms with Crippen molar-refractivity contribution in [3.05, 3.63) is 29.8 Å². The molecule has 0 radical (unpaired) electrons. The van der Waals surface area contributed by atoms with Crippen LogP contribution in [0, 0.1) is 6.92 Å². The van der Waals surface area contributed by atoms with Crippen LogP contribution >= 0.6 is 0 Å². The molecule has 0 saturated carbocycles. The zero-order valence-corrected chi connectivity index (χ0v) is 8.17. The molecule has 0 aliphatic rings. The van der Waals surface area contributed by atoms with E-state index in [4.69, 9.17) is 4.74 Å². The Morgan fingerprint density at radius 1 is 1.20 bits per heavy atom. The van der Waals surface area contributed by atoms with Crippen LogP contribution in [0.5, 0.6) is 5.75 Å². The third-order valence-corrected chi connectivity index (χ3v) is 1.61. The second kappa shape index (κ2) is 5.02. The van der Waals surface area contributed by atoms with Crippen LogP contribution in [0.1, 0.15) is 5.56 Å². The molecular formula is C10H11F3O2. The summed E-state index contributed by atoms with van der Waals surface area (Å²) in [5.74, 6) is 0.542. The molecule has 0 N–H and O–H groups in total. The Kier molecular flexibility index (Phi) is 3.96. The Morgan fingerprint density at radius 2 is 1.93 bits per heavy atom. The minimum atomic E-state index is -4.59. The van der Waals surface area contributed by atoms with Gasteiger partial charge < -0.3 is 4.74 Å². The maximum Gasteiger partial charge on any atom is 0.522 e. The quantitative estimate of drug-likeness (QED) is 0.726. The molecule has 0 aliphatic heterocycles. The molecule has 0 unspecified atom stereocenters. The van der Waals surface area contributed by atoms with Crippen LogP contribution in [0.2, 0.25) is 0 Å². The van der Waals surface area contributed by atoms with Crippen molar-refractivity contribution in [2.24, 2.45) is 0 Å². The highest BCUT2D eigenvalue weighted by Gasteiger charge is 2.28. The summed E-state index contributed by atoms with van der Waals surface area (Å²) < 4.78 is 43.3. The van der Waals surface area contributed by atoms with Crippen LogP contribution in [-0.4, -0.2) is 19.6 Å². The van der Waals surface area contributed by atoms with E-state index in [1.807, 2.05) is 13.0 Å². The minimum absolute atomic E-state index is 0.122. The van der Waals surface area contributed by atoms with Gasteiger partial charge in [0.15, 0.2) is 0 Å². The molecule has 84 valence electrons. The SMILES string of the molecule is Cc1cccc(OCCOC(F)(F)F)c1. The van der Waals surface area contributed by atoms with E-state index in [1.165, 1.54) is 0 Å². The Bertz CT molecular complexity index is 310. The summed E-state index contributed by atoms with van der Waals surface area (Å²) in [5.41, 5.74) is 0.990. The Labute approximate surface area is 85.6 Å². The predicted molar refractivity (Wildman–Crippen MR) is 48.7 cm³/mol. The van der Waals surface area contributed by atoms with Gasteiger partial charge in [-0.3, -0.25) is 4.74 Å². The molecule has 1 aromatic carbocycles. The van der Waals surface area contributed by atoms with Gasteiger partial charge in [-0.15, -0.1) is 13.2 Å². The monoisotopic (exact) mass is 220 g/mol. The zero-order chi connectivity index (χ0) is 11.3. The number of hydrogen-bond acceptors (Lipinski definition) is 2. The number of alkyl halides is 3.